The molecule has 4 rings (SSSR count). The van der Waals surface area contributed by atoms with Crippen molar-refractivity contribution in [2.24, 2.45) is 5.73 Å². The largest absolute Gasteiger partial charge is 0.744 e. The third-order valence-corrected chi connectivity index (χ3v) is 10.9. The molecule has 4 N–H and O–H groups in total. The minimum absolute atomic E-state index is 0.0123. The van der Waals surface area contributed by atoms with Crippen LogP contribution in [0.4, 0.5) is 11.4 Å². The van der Waals surface area contributed by atoms with Crippen LogP contribution in [0.3, 0.4) is 0 Å². The molecule has 2 heterocycles. The third-order valence-electron chi connectivity index (χ3n) is 9.17. The topological polar surface area (TPSA) is 173 Å². The van der Waals surface area contributed by atoms with E-state index in [1.807, 2.05) is 69.7 Å². The maximum Gasteiger partial charge on any atom is 0.294 e. The van der Waals surface area contributed by atoms with Crippen LogP contribution in [0, 0.1) is 0 Å². The number of carbonyl (C=O) groups excluding carboxylic acids is 1. The second-order valence-electron chi connectivity index (χ2n) is 13.2. The summed E-state index contributed by atoms with van der Waals surface area (Å²) in [4.78, 5) is 13.8. The van der Waals surface area contributed by atoms with Gasteiger partial charge in [-0.2, -0.15) is 13.0 Å². The van der Waals surface area contributed by atoms with Crippen molar-refractivity contribution in [3.8, 4) is 0 Å². The van der Waals surface area contributed by atoms with Crippen molar-refractivity contribution in [1.82, 2.24) is 5.32 Å². The van der Waals surface area contributed by atoms with Gasteiger partial charge in [-0.3, -0.25) is 9.35 Å². The highest BCUT2D eigenvalue weighted by molar-refractivity contribution is 7.86. The maximum absolute atomic E-state index is 12.1. The molecule has 1 amide bonds. The van der Waals surface area contributed by atoms with Crippen LogP contribution in [0.25, 0.3) is 0 Å². The fraction of sp³-hybridized carbons (Fsp3) is 0.429. The Hall–Kier alpha value is -3.62. The van der Waals surface area contributed by atoms with Crippen LogP contribution >= 0.6 is 0 Å². The molecule has 2 aliphatic heterocycles. The van der Waals surface area contributed by atoms with E-state index >= 15 is 0 Å². The Morgan fingerprint density at radius 2 is 1.62 bits per heavy atom. The molecular formula is C35H46N4O7S2. The minimum atomic E-state index is -4.63. The van der Waals surface area contributed by atoms with E-state index < -0.39 is 31.1 Å². The molecule has 0 saturated carbocycles. The van der Waals surface area contributed by atoms with Crippen molar-refractivity contribution in [2.75, 3.05) is 31.6 Å². The van der Waals surface area contributed by atoms with Crippen molar-refractivity contribution in [3.63, 3.8) is 0 Å². The molecule has 13 heteroatoms. The van der Waals surface area contributed by atoms with Crippen LogP contribution in [-0.4, -0.2) is 68.8 Å². The van der Waals surface area contributed by atoms with Crippen LogP contribution in [0.5, 0.6) is 0 Å². The Morgan fingerprint density at radius 3 is 2.29 bits per heavy atom. The smallest absolute Gasteiger partial charge is 0.294 e. The lowest BCUT2D eigenvalue weighted by Crippen LogP contribution is -2.27. The van der Waals surface area contributed by atoms with Gasteiger partial charge in [-0.25, -0.2) is 8.42 Å². The molecule has 0 radical (unpaired) electrons. The highest BCUT2D eigenvalue weighted by Crippen LogP contribution is 2.48. The highest BCUT2D eigenvalue weighted by Gasteiger charge is 2.43. The number of anilines is 1. The summed E-state index contributed by atoms with van der Waals surface area (Å²) in [6.07, 6.45) is 13.2. The maximum atomic E-state index is 12.1. The van der Waals surface area contributed by atoms with Gasteiger partial charge in [0, 0.05) is 54.0 Å². The molecule has 0 saturated heterocycles. The van der Waals surface area contributed by atoms with Crippen molar-refractivity contribution in [3.05, 3.63) is 83.6 Å². The third kappa shape index (κ3) is 7.98. The van der Waals surface area contributed by atoms with Gasteiger partial charge in [0.15, 0.2) is 5.71 Å². The fourth-order valence-electron chi connectivity index (χ4n) is 6.53. The Labute approximate surface area is 284 Å². The van der Waals surface area contributed by atoms with E-state index in [9.17, 15) is 30.7 Å². The first kappa shape index (κ1) is 37.2. The molecule has 0 aromatic heterocycles. The van der Waals surface area contributed by atoms with Crippen LogP contribution in [-0.2, 0) is 35.9 Å². The molecule has 2 aliphatic rings. The van der Waals surface area contributed by atoms with Crippen molar-refractivity contribution in [2.45, 2.75) is 80.4 Å². The van der Waals surface area contributed by atoms with E-state index in [1.165, 1.54) is 24.3 Å². The normalized spacial score (nSPS) is 17.9. The van der Waals surface area contributed by atoms with E-state index in [0.717, 1.165) is 59.6 Å². The molecule has 0 bridgehead atoms. The molecule has 11 nitrogen and oxygen atoms in total. The number of nitrogens with two attached hydrogens (primary N) is 1. The minimum Gasteiger partial charge on any atom is -0.744 e. The summed E-state index contributed by atoms with van der Waals surface area (Å²) in [5.41, 5.74) is 9.49. The first-order chi connectivity index (χ1) is 22.4. The number of allylic oxidation sites excluding steroid dienone is 6. The van der Waals surface area contributed by atoms with E-state index in [2.05, 4.69) is 10.2 Å². The molecular weight excluding hydrogens is 653 g/mol. The summed E-state index contributed by atoms with van der Waals surface area (Å²) in [5, 5.41) is 2.87. The number of benzene rings is 2. The molecule has 48 heavy (non-hydrogen) atoms. The predicted molar refractivity (Wildman–Crippen MR) is 186 cm³/mol. The Bertz CT molecular complexity index is 1910. The van der Waals surface area contributed by atoms with Crippen molar-refractivity contribution in [1.29, 1.82) is 0 Å². The van der Waals surface area contributed by atoms with Gasteiger partial charge in [-0.1, -0.05) is 38.5 Å². The van der Waals surface area contributed by atoms with Gasteiger partial charge in [0.25, 0.3) is 10.1 Å². The summed E-state index contributed by atoms with van der Waals surface area (Å²) in [6, 6.07) is 9.11. The number of hydrogen-bond donors (Lipinski definition) is 3. The SMILES string of the molecule is C[N+]1=C(C=CC=CC=C2N(CCCCCC(=O)NCCCN)c3ccc(S(=O)(=O)[O-])cc3C2(C)C)C(C)(C)c2cc(S(=O)(=O)O)ccc21. The number of amides is 1. The number of rotatable bonds is 14. The average Bonchev–Trinajstić information content (AvgIpc) is 3.33. The Balaban J connectivity index is 1.54. The molecule has 2 aromatic carbocycles. The number of hydrogen-bond acceptors (Lipinski definition) is 8. The number of nitrogens with one attached hydrogen (secondary N) is 1. The molecule has 0 atom stereocenters. The van der Waals surface area contributed by atoms with Gasteiger partial charge < -0.3 is 20.5 Å². The average molecular weight is 699 g/mol. The predicted octanol–water partition coefficient (Wildman–Crippen LogP) is 4.66. The van der Waals surface area contributed by atoms with Crippen molar-refractivity contribution < 1.29 is 35.3 Å². The summed E-state index contributed by atoms with van der Waals surface area (Å²) >= 11 is 0. The lowest BCUT2D eigenvalue weighted by molar-refractivity contribution is -0.401. The lowest BCUT2D eigenvalue weighted by Gasteiger charge is -2.27. The molecule has 0 unspecified atom stereocenters. The standard InChI is InChI=1S/C35H46N4O7S2/c1-34(2)27-23-25(47(41,42)43)16-18-29(27)38(5)31(34)13-8-6-9-14-32-35(3,4)28-24-26(48(44,45)46)17-19-30(28)39(32)22-11-7-10-15-33(40)37-21-12-20-36/h6,8-9,13-14,16-19,23-24H,7,10-12,15,20-22,36H2,1-5H3,(H2-,37,40,41,42,43,44,45,46). The Kier molecular flexibility index (Phi) is 11.2. The van der Waals surface area contributed by atoms with Crippen LogP contribution in [0.2, 0.25) is 0 Å². The van der Waals surface area contributed by atoms with Gasteiger partial charge in [0.2, 0.25) is 11.6 Å². The highest BCUT2D eigenvalue weighted by atomic mass is 32.2. The molecule has 0 spiro atoms. The van der Waals surface area contributed by atoms with Gasteiger partial charge in [-0.05, 0) is 81.6 Å². The zero-order chi connectivity index (χ0) is 35.5. The summed E-state index contributed by atoms with van der Waals surface area (Å²) in [7, 11) is -7.06. The van der Waals surface area contributed by atoms with Crippen LogP contribution in [0.15, 0.2) is 82.3 Å². The van der Waals surface area contributed by atoms with E-state index in [4.69, 9.17) is 5.73 Å². The second kappa shape index (κ2) is 14.5. The zero-order valence-electron chi connectivity index (χ0n) is 28.2. The number of carbonyl (C=O) groups is 1. The van der Waals surface area contributed by atoms with Crippen molar-refractivity contribution >= 4 is 43.2 Å². The summed E-state index contributed by atoms with van der Waals surface area (Å²) in [6.45, 7) is 9.74. The summed E-state index contributed by atoms with van der Waals surface area (Å²) in [5.74, 6) is 0.0123. The zero-order valence-corrected chi connectivity index (χ0v) is 29.8. The van der Waals surface area contributed by atoms with E-state index in [-0.39, 0.29) is 15.7 Å². The second-order valence-corrected chi connectivity index (χ2v) is 16.0. The van der Waals surface area contributed by atoms with Crippen LogP contribution in [0.1, 0.15) is 70.9 Å². The molecule has 0 fully saturated rings. The van der Waals surface area contributed by atoms with Gasteiger partial charge >= 0.3 is 0 Å². The van der Waals surface area contributed by atoms with Gasteiger partial charge in [0.05, 0.1) is 15.2 Å². The molecule has 2 aromatic rings. The first-order valence-electron chi connectivity index (χ1n) is 16.0. The lowest BCUT2D eigenvalue weighted by atomic mass is 9.81. The Morgan fingerprint density at radius 1 is 0.938 bits per heavy atom. The number of fused-ring (bicyclic) bond motifs is 2. The molecule has 0 aliphatic carbocycles. The van der Waals surface area contributed by atoms with Gasteiger partial charge in [0.1, 0.15) is 17.2 Å². The van der Waals surface area contributed by atoms with E-state index in [0.29, 0.717) is 26.1 Å². The number of nitrogens with zero attached hydrogens (tertiary/aromatic N) is 2. The first-order valence-corrected chi connectivity index (χ1v) is 18.9. The number of unbranched alkanes of at least 4 members (excludes halogenated alkanes) is 2. The van der Waals surface area contributed by atoms with Crippen LogP contribution < -0.4 is 16.0 Å². The summed E-state index contributed by atoms with van der Waals surface area (Å²) < 4.78 is 70.6. The monoisotopic (exact) mass is 698 g/mol. The quantitative estimate of drug-likeness (QED) is 0.110. The molecule has 260 valence electrons. The fourth-order valence-corrected chi connectivity index (χ4v) is 7.54. The van der Waals surface area contributed by atoms with E-state index in [1.54, 1.807) is 12.1 Å². The van der Waals surface area contributed by atoms with Gasteiger partial charge in [-0.15, -0.1) is 0 Å².